The van der Waals surface area contributed by atoms with Crippen molar-refractivity contribution in [2.75, 3.05) is 22.9 Å². The van der Waals surface area contributed by atoms with Crippen LogP contribution in [-0.4, -0.2) is 47.9 Å². The van der Waals surface area contributed by atoms with Crippen molar-refractivity contribution in [3.05, 3.63) is 54.4 Å². The molecule has 2 heterocycles. The van der Waals surface area contributed by atoms with Crippen LogP contribution in [0.3, 0.4) is 0 Å². The maximum absolute atomic E-state index is 12.7. The summed E-state index contributed by atoms with van der Waals surface area (Å²) in [5.74, 6) is -0.615. The molecule has 1 aliphatic rings. The van der Waals surface area contributed by atoms with Crippen LogP contribution < -0.4 is 10.6 Å². The minimum atomic E-state index is -3.44. The van der Waals surface area contributed by atoms with E-state index in [1.807, 2.05) is 0 Å². The van der Waals surface area contributed by atoms with Gasteiger partial charge in [-0.15, -0.1) is 0 Å². The molecule has 1 aromatic heterocycles. The van der Waals surface area contributed by atoms with Crippen molar-refractivity contribution in [1.29, 1.82) is 0 Å². The first kappa shape index (κ1) is 20.9. The maximum Gasteiger partial charge on any atom is 0.255 e. The molecule has 0 spiro atoms. The van der Waals surface area contributed by atoms with E-state index in [-0.39, 0.29) is 17.6 Å². The average Bonchev–Trinajstić information content (AvgIpc) is 3.20. The summed E-state index contributed by atoms with van der Waals surface area (Å²) < 4.78 is 26.1. The monoisotopic (exact) mass is 416 g/mol. The van der Waals surface area contributed by atoms with Gasteiger partial charge in [-0.25, -0.2) is 8.42 Å². The Morgan fingerprint density at radius 1 is 1.14 bits per heavy atom. The van der Waals surface area contributed by atoms with Crippen molar-refractivity contribution in [3.8, 4) is 0 Å². The molecule has 1 aromatic carbocycles. The predicted octanol–water partition coefficient (Wildman–Crippen LogP) is 2.48. The molecule has 1 fully saturated rings. The van der Waals surface area contributed by atoms with Gasteiger partial charge in [-0.2, -0.15) is 4.31 Å². The summed E-state index contributed by atoms with van der Waals surface area (Å²) in [5, 5.41) is 5.54. The Labute approximate surface area is 170 Å². The molecule has 0 aliphatic carbocycles. The quantitative estimate of drug-likeness (QED) is 0.721. The fraction of sp³-hybridized carbons (Fsp3) is 0.350. The third-order valence-electron chi connectivity index (χ3n) is 4.66. The van der Waals surface area contributed by atoms with Gasteiger partial charge in [0.05, 0.1) is 5.75 Å². The number of sulfonamides is 1. The lowest BCUT2D eigenvalue weighted by molar-refractivity contribution is -0.119. The first-order chi connectivity index (χ1) is 13.9. The molecule has 8 nitrogen and oxygen atoms in total. The average molecular weight is 417 g/mol. The van der Waals surface area contributed by atoms with Crippen LogP contribution in [0.1, 0.15) is 36.5 Å². The highest BCUT2D eigenvalue weighted by atomic mass is 32.2. The van der Waals surface area contributed by atoms with Gasteiger partial charge in [0.1, 0.15) is 6.04 Å². The van der Waals surface area contributed by atoms with Crippen LogP contribution in [0, 0.1) is 0 Å². The molecule has 1 aliphatic heterocycles. The lowest BCUT2D eigenvalue weighted by atomic mass is 10.2. The summed E-state index contributed by atoms with van der Waals surface area (Å²) in [6.45, 7) is 2.16. The molecule has 9 heteroatoms. The van der Waals surface area contributed by atoms with Crippen molar-refractivity contribution in [2.24, 2.45) is 0 Å². The summed E-state index contributed by atoms with van der Waals surface area (Å²) in [4.78, 5) is 28.9. The molecule has 2 aromatic rings. The molecule has 0 radical (unpaired) electrons. The van der Waals surface area contributed by atoms with E-state index < -0.39 is 16.1 Å². The first-order valence-electron chi connectivity index (χ1n) is 9.52. The minimum Gasteiger partial charge on any atom is -0.325 e. The van der Waals surface area contributed by atoms with Crippen molar-refractivity contribution >= 4 is 33.2 Å². The Kier molecular flexibility index (Phi) is 6.60. The Morgan fingerprint density at radius 2 is 1.83 bits per heavy atom. The number of nitrogens with one attached hydrogen (secondary N) is 2. The van der Waals surface area contributed by atoms with Crippen LogP contribution in [0.2, 0.25) is 0 Å². The first-order valence-corrected chi connectivity index (χ1v) is 11.1. The van der Waals surface area contributed by atoms with Gasteiger partial charge >= 0.3 is 0 Å². The number of hydrogen-bond acceptors (Lipinski definition) is 5. The van der Waals surface area contributed by atoms with Gasteiger partial charge in [-0.05, 0) is 49.6 Å². The van der Waals surface area contributed by atoms with Crippen LogP contribution in [0.25, 0.3) is 0 Å². The number of pyridine rings is 1. The largest absolute Gasteiger partial charge is 0.325 e. The Balaban J connectivity index is 1.68. The van der Waals surface area contributed by atoms with E-state index in [0.29, 0.717) is 42.7 Å². The van der Waals surface area contributed by atoms with Crippen LogP contribution >= 0.6 is 0 Å². The second-order valence-corrected chi connectivity index (χ2v) is 8.89. The number of anilines is 2. The topological polar surface area (TPSA) is 108 Å². The smallest absolute Gasteiger partial charge is 0.255 e. The highest BCUT2D eigenvalue weighted by Gasteiger charge is 2.38. The summed E-state index contributed by atoms with van der Waals surface area (Å²) >= 11 is 0. The zero-order valence-electron chi connectivity index (χ0n) is 16.2. The van der Waals surface area contributed by atoms with Gasteiger partial charge in [-0.1, -0.05) is 13.0 Å². The van der Waals surface area contributed by atoms with E-state index in [1.165, 1.54) is 16.7 Å². The number of nitrogens with zero attached hydrogens (tertiary/aromatic N) is 2. The van der Waals surface area contributed by atoms with E-state index in [1.54, 1.807) is 43.3 Å². The fourth-order valence-corrected chi connectivity index (χ4v) is 5.06. The van der Waals surface area contributed by atoms with Crippen LogP contribution in [0.15, 0.2) is 48.8 Å². The third kappa shape index (κ3) is 5.18. The van der Waals surface area contributed by atoms with Gasteiger partial charge in [-0.3, -0.25) is 14.6 Å². The van der Waals surface area contributed by atoms with Crippen LogP contribution in [-0.2, 0) is 14.8 Å². The lowest BCUT2D eigenvalue weighted by Gasteiger charge is -2.23. The molecule has 0 bridgehead atoms. The summed E-state index contributed by atoms with van der Waals surface area (Å²) in [5.41, 5.74) is 1.48. The number of carbonyl (C=O) groups is 2. The molecule has 2 amide bonds. The molecule has 1 unspecified atom stereocenters. The van der Waals surface area contributed by atoms with E-state index in [4.69, 9.17) is 0 Å². The highest BCUT2D eigenvalue weighted by Crippen LogP contribution is 2.24. The number of aromatic nitrogens is 1. The number of rotatable bonds is 7. The lowest BCUT2D eigenvalue weighted by Crippen LogP contribution is -2.44. The Bertz CT molecular complexity index is 979. The molecule has 1 saturated heterocycles. The van der Waals surface area contributed by atoms with Crippen molar-refractivity contribution in [1.82, 2.24) is 9.29 Å². The standard InChI is InChI=1S/C20H24N4O4S/c1-2-13-29(27,28)24-12-4-7-18(24)20(26)23-17-6-3-5-16(14-17)22-19(25)15-8-10-21-11-9-15/h3,5-6,8-11,14,18H,2,4,7,12-13H2,1H3,(H,22,25)(H,23,26). The molecule has 0 saturated carbocycles. The van der Waals surface area contributed by atoms with Crippen molar-refractivity contribution in [3.63, 3.8) is 0 Å². The second-order valence-electron chi connectivity index (χ2n) is 6.84. The number of benzene rings is 1. The molecule has 1 atom stereocenters. The summed E-state index contributed by atoms with van der Waals surface area (Å²) in [7, 11) is -3.44. The van der Waals surface area contributed by atoms with E-state index >= 15 is 0 Å². The number of carbonyl (C=O) groups excluding carboxylic acids is 2. The molecular formula is C20H24N4O4S. The van der Waals surface area contributed by atoms with Crippen molar-refractivity contribution < 1.29 is 18.0 Å². The van der Waals surface area contributed by atoms with Gasteiger partial charge < -0.3 is 10.6 Å². The molecule has 154 valence electrons. The van der Waals surface area contributed by atoms with Gasteiger partial charge in [0.25, 0.3) is 5.91 Å². The minimum absolute atomic E-state index is 0.0350. The summed E-state index contributed by atoms with van der Waals surface area (Å²) in [6.07, 6.45) is 4.72. The van der Waals surface area contributed by atoms with E-state index in [2.05, 4.69) is 15.6 Å². The second kappa shape index (κ2) is 9.15. The third-order valence-corrected chi connectivity index (χ3v) is 6.73. The van der Waals surface area contributed by atoms with Crippen LogP contribution in [0.4, 0.5) is 11.4 Å². The van der Waals surface area contributed by atoms with Gasteiger partial charge in [0.15, 0.2) is 0 Å². The van der Waals surface area contributed by atoms with E-state index in [9.17, 15) is 18.0 Å². The number of hydrogen-bond donors (Lipinski definition) is 2. The number of amides is 2. The molecule has 29 heavy (non-hydrogen) atoms. The molecule has 3 rings (SSSR count). The molecule has 2 N–H and O–H groups in total. The maximum atomic E-state index is 12.7. The Morgan fingerprint density at radius 3 is 2.52 bits per heavy atom. The van der Waals surface area contributed by atoms with Gasteiger partial charge in [0.2, 0.25) is 15.9 Å². The summed E-state index contributed by atoms with van der Waals surface area (Å²) in [6, 6.07) is 9.25. The predicted molar refractivity (Wildman–Crippen MR) is 111 cm³/mol. The van der Waals surface area contributed by atoms with Gasteiger partial charge in [0, 0.05) is 35.9 Å². The van der Waals surface area contributed by atoms with Crippen LogP contribution in [0.5, 0.6) is 0 Å². The van der Waals surface area contributed by atoms with Crippen molar-refractivity contribution in [2.45, 2.75) is 32.2 Å². The highest BCUT2D eigenvalue weighted by molar-refractivity contribution is 7.89. The molecular weight excluding hydrogens is 392 g/mol. The fourth-order valence-electron chi connectivity index (χ4n) is 3.32. The zero-order valence-corrected chi connectivity index (χ0v) is 17.0. The Hall–Kier alpha value is -2.78. The zero-order chi connectivity index (χ0) is 20.9. The normalized spacial score (nSPS) is 17.1. The van der Waals surface area contributed by atoms with E-state index in [0.717, 1.165) is 0 Å². The SMILES string of the molecule is CCCS(=O)(=O)N1CCCC1C(=O)Nc1cccc(NC(=O)c2ccncc2)c1.